The van der Waals surface area contributed by atoms with E-state index in [0.29, 0.717) is 5.92 Å². The zero-order valence-electron chi connectivity index (χ0n) is 11.9. The standard InChI is InChI=1S/C15H27NOS/c1-12(2)15(17)18(16-3)10-9-14(11-18)13-7-5-4-6-8-13/h9-13,15-17H,4-8H2,1-3H3. The lowest BCUT2D eigenvalue weighted by Gasteiger charge is -2.38. The van der Waals surface area contributed by atoms with Crippen LogP contribution in [-0.4, -0.2) is 17.6 Å². The highest BCUT2D eigenvalue weighted by atomic mass is 32.3. The molecular weight excluding hydrogens is 242 g/mol. The van der Waals surface area contributed by atoms with Crippen LogP contribution < -0.4 is 4.72 Å². The molecule has 0 spiro atoms. The van der Waals surface area contributed by atoms with Crippen molar-refractivity contribution in [2.75, 3.05) is 7.05 Å². The molecule has 2 aliphatic rings. The highest BCUT2D eigenvalue weighted by Crippen LogP contribution is 2.58. The second kappa shape index (κ2) is 5.81. The third-order valence-corrected chi connectivity index (χ3v) is 7.52. The van der Waals surface area contributed by atoms with Crippen molar-refractivity contribution in [2.45, 2.75) is 51.4 Å². The summed E-state index contributed by atoms with van der Waals surface area (Å²) < 4.78 is 3.40. The molecule has 104 valence electrons. The fourth-order valence-electron chi connectivity index (χ4n) is 3.01. The van der Waals surface area contributed by atoms with Crippen LogP contribution in [0.15, 0.2) is 22.5 Å². The maximum atomic E-state index is 10.5. The minimum Gasteiger partial charge on any atom is -0.382 e. The summed E-state index contributed by atoms with van der Waals surface area (Å²) in [7, 11) is 0.665. The maximum Gasteiger partial charge on any atom is 0.104 e. The van der Waals surface area contributed by atoms with Gasteiger partial charge in [0, 0.05) is 0 Å². The number of hydrogen-bond donors (Lipinski definition) is 2. The van der Waals surface area contributed by atoms with Crippen LogP contribution >= 0.6 is 10.2 Å². The molecule has 1 heterocycles. The molecule has 0 amide bonds. The molecule has 2 rings (SSSR count). The van der Waals surface area contributed by atoms with E-state index in [1.165, 1.54) is 37.7 Å². The van der Waals surface area contributed by atoms with Crippen LogP contribution in [0.1, 0.15) is 46.0 Å². The van der Waals surface area contributed by atoms with Crippen LogP contribution in [0.5, 0.6) is 0 Å². The van der Waals surface area contributed by atoms with Crippen molar-refractivity contribution in [1.29, 1.82) is 0 Å². The van der Waals surface area contributed by atoms with Crippen molar-refractivity contribution in [1.82, 2.24) is 4.72 Å². The predicted molar refractivity (Wildman–Crippen MR) is 81.3 cm³/mol. The van der Waals surface area contributed by atoms with Gasteiger partial charge in [-0.1, -0.05) is 39.2 Å². The largest absolute Gasteiger partial charge is 0.382 e. The van der Waals surface area contributed by atoms with Crippen LogP contribution in [0.25, 0.3) is 0 Å². The maximum absolute atomic E-state index is 10.5. The minimum atomic E-state index is -1.31. The molecule has 0 radical (unpaired) electrons. The fourth-order valence-corrected chi connectivity index (χ4v) is 5.89. The Bertz CT molecular complexity index is 344. The van der Waals surface area contributed by atoms with Crippen LogP contribution in [0.2, 0.25) is 0 Å². The quantitative estimate of drug-likeness (QED) is 0.811. The molecule has 2 N–H and O–H groups in total. The third kappa shape index (κ3) is 2.68. The molecule has 1 fully saturated rings. The van der Waals surface area contributed by atoms with Gasteiger partial charge in [0.1, 0.15) is 5.44 Å². The van der Waals surface area contributed by atoms with Gasteiger partial charge in [-0.25, -0.2) is 0 Å². The van der Waals surface area contributed by atoms with E-state index < -0.39 is 10.2 Å². The number of rotatable bonds is 4. The molecule has 2 atom stereocenters. The van der Waals surface area contributed by atoms with Gasteiger partial charge in [-0.3, -0.25) is 4.72 Å². The Hall–Kier alpha value is -0.250. The van der Waals surface area contributed by atoms with Gasteiger partial charge >= 0.3 is 0 Å². The SMILES string of the molecule is CNS1(C(O)C(C)C)C=CC(C2CCCCC2)=C1. The monoisotopic (exact) mass is 269 g/mol. The first-order chi connectivity index (χ1) is 8.59. The first-order valence-electron chi connectivity index (χ1n) is 7.17. The Labute approximate surface area is 113 Å². The van der Waals surface area contributed by atoms with Crippen LogP contribution in [0.4, 0.5) is 0 Å². The van der Waals surface area contributed by atoms with Gasteiger partial charge in [-0.05, 0) is 48.1 Å². The van der Waals surface area contributed by atoms with Crippen molar-refractivity contribution in [2.24, 2.45) is 11.8 Å². The molecular formula is C15H27NOS. The molecule has 2 nitrogen and oxygen atoms in total. The van der Waals surface area contributed by atoms with Gasteiger partial charge in [-0.15, -0.1) is 10.2 Å². The van der Waals surface area contributed by atoms with Gasteiger partial charge in [-0.2, -0.15) is 0 Å². The van der Waals surface area contributed by atoms with E-state index in [2.05, 4.69) is 35.5 Å². The van der Waals surface area contributed by atoms with E-state index in [-0.39, 0.29) is 5.44 Å². The Morgan fingerprint density at radius 2 is 1.94 bits per heavy atom. The fraction of sp³-hybridized carbons (Fsp3) is 0.733. The van der Waals surface area contributed by atoms with E-state index >= 15 is 0 Å². The van der Waals surface area contributed by atoms with Crippen molar-refractivity contribution < 1.29 is 5.11 Å². The minimum absolute atomic E-state index is 0.278. The topological polar surface area (TPSA) is 32.3 Å². The molecule has 0 aromatic rings. The van der Waals surface area contributed by atoms with Crippen LogP contribution in [-0.2, 0) is 0 Å². The summed E-state index contributed by atoms with van der Waals surface area (Å²) in [5.41, 5.74) is 1.19. The van der Waals surface area contributed by atoms with Crippen LogP contribution in [0, 0.1) is 11.8 Å². The average Bonchev–Trinajstić information content (AvgIpc) is 2.84. The summed E-state index contributed by atoms with van der Waals surface area (Å²) in [4.78, 5) is 0. The molecule has 0 aromatic heterocycles. The van der Waals surface area contributed by atoms with Crippen molar-refractivity contribution in [3.8, 4) is 0 Å². The van der Waals surface area contributed by atoms with Crippen molar-refractivity contribution in [3.63, 3.8) is 0 Å². The molecule has 1 aliphatic carbocycles. The molecule has 3 heteroatoms. The van der Waals surface area contributed by atoms with Gasteiger partial charge in [0.2, 0.25) is 0 Å². The van der Waals surface area contributed by atoms with Crippen LogP contribution in [0.3, 0.4) is 0 Å². The molecule has 0 saturated heterocycles. The van der Waals surface area contributed by atoms with Crippen molar-refractivity contribution >= 4 is 10.2 Å². The first-order valence-corrected chi connectivity index (χ1v) is 9.00. The summed E-state index contributed by atoms with van der Waals surface area (Å²) in [5.74, 6) is 1.02. The zero-order chi connectivity index (χ0) is 13.2. The first kappa shape index (κ1) is 14.2. The number of allylic oxidation sites excluding steroid dienone is 2. The second-order valence-corrected chi connectivity index (χ2v) is 8.78. The predicted octanol–water partition coefficient (Wildman–Crippen LogP) is 3.89. The molecule has 18 heavy (non-hydrogen) atoms. The molecule has 0 aromatic carbocycles. The third-order valence-electron chi connectivity index (χ3n) is 4.22. The van der Waals surface area contributed by atoms with E-state index in [1.807, 2.05) is 7.05 Å². The molecule has 1 aliphatic heterocycles. The molecule has 1 saturated carbocycles. The summed E-state index contributed by atoms with van der Waals surface area (Å²) in [6.45, 7) is 4.19. The molecule has 2 unspecified atom stereocenters. The normalized spacial score (nSPS) is 34.4. The zero-order valence-corrected chi connectivity index (χ0v) is 12.7. The summed E-state index contributed by atoms with van der Waals surface area (Å²) in [6.07, 6.45) is 9.05. The Morgan fingerprint density at radius 3 is 2.50 bits per heavy atom. The summed E-state index contributed by atoms with van der Waals surface area (Å²) in [5, 5.41) is 15.1. The van der Waals surface area contributed by atoms with Gasteiger partial charge < -0.3 is 5.11 Å². The number of aliphatic hydroxyl groups is 1. The number of hydrogen-bond acceptors (Lipinski definition) is 2. The molecule has 0 bridgehead atoms. The Kier molecular flexibility index (Phi) is 4.57. The summed E-state index contributed by atoms with van der Waals surface area (Å²) in [6, 6.07) is 0. The van der Waals surface area contributed by atoms with E-state index in [0.717, 1.165) is 5.92 Å². The Balaban J connectivity index is 2.16. The lowest BCUT2D eigenvalue weighted by molar-refractivity contribution is 0.208. The lowest BCUT2D eigenvalue weighted by atomic mass is 9.84. The van der Waals surface area contributed by atoms with E-state index in [1.54, 1.807) is 0 Å². The smallest absolute Gasteiger partial charge is 0.104 e. The average molecular weight is 269 g/mol. The van der Waals surface area contributed by atoms with E-state index in [9.17, 15) is 5.11 Å². The van der Waals surface area contributed by atoms with Gasteiger partial charge in [0.15, 0.2) is 0 Å². The second-order valence-electron chi connectivity index (χ2n) is 5.86. The van der Waals surface area contributed by atoms with Gasteiger partial charge in [0.05, 0.1) is 0 Å². The highest BCUT2D eigenvalue weighted by Gasteiger charge is 2.33. The Morgan fingerprint density at radius 1 is 1.28 bits per heavy atom. The van der Waals surface area contributed by atoms with Crippen molar-refractivity contribution in [3.05, 3.63) is 22.5 Å². The lowest BCUT2D eigenvalue weighted by Crippen LogP contribution is -2.28. The number of aliphatic hydroxyl groups excluding tert-OH is 1. The van der Waals surface area contributed by atoms with E-state index in [4.69, 9.17) is 0 Å². The summed E-state index contributed by atoms with van der Waals surface area (Å²) >= 11 is 0. The van der Waals surface area contributed by atoms with Gasteiger partial charge in [0.25, 0.3) is 0 Å². The number of nitrogens with one attached hydrogen (secondary N) is 1. The highest BCUT2D eigenvalue weighted by molar-refractivity contribution is 8.37.